The van der Waals surface area contributed by atoms with Crippen LogP contribution in [0.5, 0.6) is 0 Å². The fourth-order valence-electron chi connectivity index (χ4n) is 3.10. The quantitative estimate of drug-likeness (QED) is 0.382. The lowest BCUT2D eigenvalue weighted by Crippen LogP contribution is -2.38. The van der Waals surface area contributed by atoms with Crippen LogP contribution in [0.25, 0.3) is 10.9 Å². The summed E-state index contributed by atoms with van der Waals surface area (Å²) in [7, 11) is 3.78. The first kappa shape index (κ1) is 21.3. The third kappa shape index (κ3) is 4.28. The second kappa shape index (κ2) is 8.54. The van der Waals surface area contributed by atoms with E-state index in [1.807, 2.05) is 45.0 Å². The van der Waals surface area contributed by atoms with Crippen molar-refractivity contribution in [1.29, 1.82) is 0 Å². The Kier molecular flexibility index (Phi) is 6.06. The number of hydrogen-bond acceptors (Lipinski definition) is 7. The van der Waals surface area contributed by atoms with Crippen LogP contribution < -0.4 is 27.0 Å². The Bertz CT molecular complexity index is 1060. The van der Waals surface area contributed by atoms with Crippen LogP contribution in [0.1, 0.15) is 30.6 Å². The van der Waals surface area contributed by atoms with Gasteiger partial charge in [0.25, 0.3) is 5.91 Å². The first-order valence-corrected chi connectivity index (χ1v) is 9.66. The van der Waals surface area contributed by atoms with Gasteiger partial charge in [0.1, 0.15) is 5.82 Å². The number of amides is 1. The van der Waals surface area contributed by atoms with Gasteiger partial charge in [0.15, 0.2) is 17.5 Å². The van der Waals surface area contributed by atoms with E-state index in [0.717, 1.165) is 29.2 Å². The van der Waals surface area contributed by atoms with Crippen LogP contribution in [0.4, 0.5) is 27.5 Å². The number of anilines is 4. The van der Waals surface area contributed by atoms with Crippen LogP contribution >= 0.6 is 0 Å². The number of hydrogen-bond donors (Lipinski definition) is 5. The lowest BCUT2D eigenvalue weighted by Gasteiger charge is -2.21. The van der Waals surface area contributed by atoms with E-state index in [2.05, 4.69) is 25.8 Å². The maximum Gasteiger partial charge on any atom is 0.252 e. The van der Waals surface area contributed by atoms with Crippen molar-refractivity contribution in [2.24, 2.45) is 11.5 Å². The Morgan fingerprint density at radius 3 is 2.67 bits per heavy atom. The third-order valence-corrected chi connectivity index (χ3v) is 4.95. The van der Waals surface area contributed by atoms with Crippen molar-refractivity contribution in [3.05, 3.63) is 35.6 Å². The molecule has 3 rings (SSSR count). The Labute approximate surface area is 174 Å². The summed E-state index contributed by atoms with van der Waals surface area (Å²) in [5.74, 6) is -0.549. The molecule has 2 aromatic heterocycles. The number of primary amides is 1. The number of benzene rings is 1. The zero-order valence-corrected chi connectivity index (χ0v) is 17.5. The number of nitrogens with two attached hydrogens (primary N) is 2. The molecule has 2 heterocycles. The fourth-order valence-corrected chi connectivity index (χ4v) is 3.10. The van der Waals surface area contributed by atoms with E-state index in [9.17, 15) is 9.18 Å². The number of fused-ring (bicyclic) bond motifs is 1. The van der Waals surface area contributed by atoms with Gasteiger partial charge in [0.2, 0.25) is 0 Å². The van der Waals surface area contributed by atoms with Crippen LogP contribution in [0.3, 0.4) is 0 Å². The van der Waals surface area contributed by atoms with Crippen LogP contribution in [0.15, 0.2) is 24.3 Å². The van der Waals surface area contributed by atoms with Crippen molar-refractivity contribution in [1.82, 2.24) is 15.2 Å². The third-order valence-electron chi connectivity index (χ3n) is 4.95. The van der Waals surface area contributed by atoms with Gasteiger partial charge >= 0.3 is 0 Å². The Hall–Kier alpha value is -3.40. The highest BCUT2D eigenvalue weighted by Crippen LogP contribution is 2.29. The molecule has 9 nitrogen and oxygen atoms in total. The number of aromatic nitrogens is 3. The van der Waals surface area contributed by atoms with E-state index in [0.29, 0.717) is 5.69 Å². The minimum absolute atomic E-state index is 0.00253. The Balaban J connectivity index is 1.99. The molecule has 0 saturated carbocycles. The van der Waals surface area contributed by atoms with E-state index >= 15 is 0 Å². The van der Waals surface area contributed by atoms with E-state index in [1.165, 1.54) is 0 Å². The second-order valence-electron chi connectivity index (χ2n) is 7.41. The first-order valence-electron chi connectivity index (χ1n) is 9.66. The van der Waals surface area contributed by atoms with Gasteiger partial charge in [-0.25, -0.2) is 9.37 Å². The SMILES string of the molecule is CC[C@H](N)[C@@H](C)Nc1nc(Nc2ccc3[nH]nc(N(C)C)c3c2)c(C(N)=O)cc1F. The lowest BCUT2D eigenvalue weighted by molar-refractivity contribution is 0.100. The van der Waals surface area contributed by atoms with Crippen molar-refractivity contribution in [3.8, 4) is 0 Å². The molecule has 0 aliphatic carbocycles. The summed E-state index contributed by atoms with van der Waals surface area (Å²) in [5.41, 5.74) is 12.9. The summed E-state index contributed by atoms with van der Waals surface area (Å²) in [6.45, 7) is 3.80. The molecule has 1 aromatic carbocycles. The van der Waals surface area contributed by atoms with Gasteiger partial charge in [-0.1, -0.05) is 6.92 Å². The van der Waals surface area contributed by atoms with Gasteiger partial charge in [-0.2, -0.15) is 5.10 Å². The van der Waals surface area contributed by atoms with Gasteiger partial charge in [-0.05, 0) is 37.6 Å². The fraction of sp³-hybridized carbons (Fsp3) is 0.350. The van der Waals surface area contributed by atoms with Crippen molar-refractivity contribution >= 4 is 40.0 Å². The molecule has 0 radical (unpaired) electrons. The monoisotopic (exact) mass is 414 g/mol. The number of carbonyl (C=O) groups excluding carboxylic acids is 1. The second-order valence-corrected chi connectivity index (χ2v) is 7.41. The molecule has 0 spiro atoms. The number of aromatic amines is 1. The molecular weight excluding hydrogens is 387 g/mol. The average molecular weight is 414 g/mol. The predicted octanol–water partition coefficient (Wildman–Crippen LogP) is 2.54. The standard InChI is InChI=1S/C20H27FN8O/c1-5-15(22)10(2)24-19-14(21)9-13(17(23)30)18(26-19)25-11-6-7-16-12(8-11)20(28-27-16)29(3)4/h6-10,15H,5,22H2,1-4H3,(H2,23,30)(H,27,28)(H2,24,25,26)/t10-,15+/m1/s1. The summed E-state index contributed by atoms with van der Waals surface area (Å²) < 4.78 is 14.5. The van der Waals surface area contributed by atoms with Gasteiger partial charge in [-0.3, -0.25) is 9.89 Å². The Morgan fingerprint density at radius 1 is 1.30 bits per heavy atom. The van der Waals surface area contributed by atoms with Crippen molar-refractivity contribution < 1.29 is 9.18 Å². The summed E-state index contributed by atoms with van der Waals surface area (Å²) in [4.78, 5) is 18.0. The number of nitrogens with zero attached hydrogens (tertiary/aromatic N) is 3. The van der Waals surface area contributed by atoms with Gasteiger partial charge in [0, 0.05) is 37.3 Å². The predicted molar refractivity (Wildman–Crippen MR) is 118 cm³/mol. The number of rotatable bonds is 8. The highest BCUT2D eigenvalue weighted by molar-refractivity contribution is 5.99. The van der Waals surface area contributed by atoms with Crippen LogP contribution in [-0.2, 0) is 0 Å². The summed E-state index contributed by atoms with van der Waals surface area (Å²) in [6.07, 6.45) is 0.721. The maximum absolute atomic E-state index is 14.5. The zero-order valence-electron chi connectivity index (χ0n) is 17.5. The van der Waals surface area contributed by atoms with Crippen LogP contribution in [-0.4, -0.2) is 47.3 Å². The largest absolute Gasteiger partial charge is 0.365 e. The lowest BCUT2D eigenvalue weighted by atomic mass is 10.1. The highest BCUT2D eigenvalue weighted by atomic mass is 19.1. The minimum Gasteiger partial charge on any atom is -0.365 e. The minimum atomic E-state index is -0.785. The first-order chi connectivity index (χ1) is 14.2. The van der Waals surface area contributed by atoms with Gasteiger partial charge < -0.3 is 27.0 Å². The van der Waals surface area contributed by atoms with Gasteiger partial charge in [0.05, 0.1) is 11.1 Å². The highest BCUT2D eigenvalue weighted by Gasteiger charge is 2.19. The maximum atomic E-state index is 14.5. The molecule has 1 amide bonds. The molecule has 160 valence electrons. The normalized spacial score (nSPS) is 13.1. The topological polar surface area (TPSA) is 138 Å². The molecule has 7 N–H and O–H groups in total. The number of carbonyl (C=O) groups is 1. The number of H-pyrrole nitrogens is 1. The van der Waals surface area contributed by atoms with Crippen molar-refractivity contribution in [3.63, 3.8) is 0 Å². The molecule has 0 fully saturated rings. The molecule has 3 aromatic rings. The van der Waals surface area contributed by atoms with E-state index in [1.54, 1.807) is 6.07 Å². The average Bonchev–Trinajstić information content (AvgIpc) is 3.12. The number of nitrogens with one attached hydrogen (secondary N) is 3. The van der Waals surface area contributed by atoms with E-state index in [4.69, 9.17) is 11.5 Å². The molecule has 0 unspecified atom stereocenters. The summed E-state index contributed by atoms with van der Waals surface area (Å²) in [6, 6.07) is 6.21. The molecule has 30 heavy (non-hydrogen) atoms. The molecule has 0 bridgehead atoms. The van der Waals surface area contributed by atoms with Crippen molar-refractivity contribution in [2.75, 3.05) is 29.6 Å². The molecule has 2 atom stereocenters. The van der Waals surface area contributed by atoms with E-state index in [-0.39, 0.29) is 29.3 Å². The zero-order chi connectivity index (χ0) is 22.0. The molecule has 10 heteroatoms. The molecular formula is C20H27FN8O. The molecule has 0 aliphatic heterocycles. The number of halogens is 1. The van der Waals surface area contributed by atoms with E-state index < -0.39 is 11.7 Å². The smallest absolute Gasteiger partial charge is 0.252 e. The van der Waals surface area contributed by atoms with Crippen molar-refractivity contribution in [2.45, 2.75) is 32.4 Å². The molecule has 0 saturated heterocycles. The van der Waals surface area contributed by atoms with Crippen LogP contribution in [0, 0.1) is 5.82 Å². The summed E-state index contributed by atoms with van der Waals surface area (Å²) >= 11 is 0. The summed E-state index contributed by atoms with van der Waals surface area (Å²) in [5, 5.41) is 14.2. The number of pyridine rings is 1. The van der Waals surface area contributed by atoms with Crippen LogP contribution in [0.2, 0.25) is 0 Å². The molecule has 0 aliphatic rings. The van der Waals surface area contributed by atoms with Gasteiger partial charge in [-0.15, -0.1) is 0 Å². The Morgan fingerprint density at radius 2 is 2.03 bits per heavy atom.